The molecule has 0 saturated carbocycles. The van der Waals surface area contributed by atoms with Gasteiger partial charge in [0.1, 0.15) is 5.82 Å². The first-order chi connectivity index (χ1) is 11.5. The van der Waals surface area contributed by atoms with E-state index in [1.54, 1.807) is 11.0 Å². The molecular formula is C17H16F3N3O. The van der Waals surface area contributed by atoms with E-state index in [-0.39, 0.29) is 17.5 Å². The van der Waals surface area contributed by atoms with Gasteiger partial charge in [-0.15, -0.1) is 0 Å². The van der Waals surface area contributed by atoms with Crippen molar-refractivity contribution in [1.82, 2.24) is 4.90 Å². The lowest BCUT2D eigenvalue weighted by molar-refractivity contribution is 0.208. The summed E-state index contributed by atoms with van der Waals surface area (Å²) in [5, 5.41) is 2.55. The van der Waals surface area contributed by atoms with E-state index in [4.69, 9.17) is 0 Å². The number of piperazine rings is 1. The summed E-state index contributed by atoms with van der Waals surface area (Å²) < 4.78 is 39.3. The van der Waals surface area contributed by atoms with Crippen LogP contribution >= 0.6 is 0 Å². The summed E-state index contributed by atoms with van der Waals surface area (Å²) in [4.78, 5) is 15.8. The fourth-order valence-electron chi connectivity index (χ4n) is 2.62. The first-order valence-corrected chi connectivity index (χ1v) is 7.54. The highest BCUT2D eigenvalue weighted by molar-refractivity contribution is 5.89. The summed E-state index contributed by atoms with van der Waals surface area (Å²) >= 11 is 0. The molecule has 1 fully saturated rings. The molecule has 3 rings (SSSR count). The van der Waals surface area contributed by atoms with Crippen LogP contribution in [0.5, 0.6) is 0 Å². The van der Waals surface area contributed by atoms with Gasteiger partial charge in [-0.25, -0.2) is 18.0 Å². The number of nitrogens with one attached hydrogen (secondary N) is 1. The topological polar surface area (TPSA) is 35.6 Å². The lowest BCUT2D eigenvalue weighted by Gasteiger charge is -2.36. The molecule has 0 atom stereocenters. The number of benzene rings is 2. The molecule has 0 bridgehead atoms. The van der Waals surface area contributed by atoms with Crippen LogP contribution in [0.25, 0.3) is 0 Å². The third-order valence-electron chi connectivity index (χ3n) is 3.91. The van der Waals surface area contributed by atoms with Crippen molar-refractivity contribution in [3.05, 3.63) is 59.9 Å². The van der Waals surface area contributed by atoms with E-state index in [1.165, 1.54) is 18.2 Å². The normalized spacial score (nSPS) is 14.6. The second kappa shape index (κ2) is 6.82. The van der Waals surface area contributed by atoms with Gasteiger partial charge >= 0.3 is 6.03 Å². The second-order valence-corrected chi connectivity index (χ2v) is 5.51. The largest absolute Gasteiger partial charge is 0.368 e. The zero-order valence-corrected chi connectivity index (χ0v) is 12.8. The van der Waals surface area contributed by atoms with Gasteiger partial charge in [0.25, 0.3) is 0 Å². The molecule has 126 valence electrons. The van der Waals surface area contributed by atoms with Crippen LogP contribution < -0.4 is 10.2 Å². The molecule has 0 radical (unpaired) electrons. The number of urea groups is 1. The third-order valence-corrected chi connectivity index (χ3v) is 3.91. The van der Waals surface area contributed by atoms with Crippen molar-refractivity contribution in [2.24, 2.45) is 0 Å². The first-order valence-electron chi connectivity index (χ1n) is 7.54. The molecule has 1 aliphatic heterocycles. The van der Waals surface area contributed by atoms with Gasteiger partial charge in [-0.1, -0.05) is 6.07 Å². The number of hydrogen-bond acceptors (Lipinski definition) is 2. The first kappa shape index (κ1) is 16.2. The zero-order chi connectivity index (χ0) is 17.1. The number of carbonyl (C=O) groups is 1. The van der Waals surface area contributed by atoms with Crippen LogP contribution in [-0.2, 0) is 0 Å². The molecule has 1 N–H and O–H groups in total. The van der Waals surface area contributed by atoms with Gasteiger partial charge in [0.2, 0.25) is 0 Å². The van der Waals surface area contributed by atoms with E-state index in [2.05, 4.69) is 5.32 Å². The average molecular weight is 335 g/mol. The second-order valence-electron chi connectivity index (χ2n) is 5.51. The van der Waals surface area contributed by atoms with Crippen LogP contribution in [0.4, 0.5) is 29.3 Å². The van der Waals surface area contributed by atoms with Crippen molar-refractivity contribution in [2.75, 3.05) is 36.4 Å². The van der Waals surface area contributed by atoms with E-state index >= 15 is 0 Å². The fourth-order valence-corrected chi connectivity index (χ4v) is 2.62. The standard InChI is InChI=1S/C17H16F3N3O/c18-12-2-1-3-14(10-12)22-6-8-23(9-7-22)17(24)21-13-4-5-15(19)16(20)11-13/h1-5,10-11H,6-9H2,(H,21,24). The zero-order valence-electron chi connectivity index (χ0n) is 12.8. The molecule has 1 saturated heterocycles. The summed E-state index contributed by atoms with van der Waals surface area (Å²) in [5.41, 5.74) is 0.974. The summed E-state index contributed by atoms with van der Waals surface area (Å²) in [6.45, 7) is 2.03. The molecule has 7 heteroatoms. The lowest BCUT2D eigenvalue weighted by Crippen LogP contribution is -2.50. The summed E-state index contributed by atoms with van der Waals surface area (Å²) in [5.74, 6) is -2.27. The SMILES string of the molecule is O=C(Nc1ccc(F)c(F)c1)N1CCN(c2cccc(F)c2)CC1. The van der Waals surface area contributed by atoms with E-state index in [9.17, 15) is 18.0 Å². The molecular weight excluding hydrogens is 319 g/mol. The number of nitrogens with zero attached hydrogens (tertiary/aromatic N) is 2. The van der Waals surface area contributed by atoms with E-state index in [0.29, 0.717) is 26.2 Å². The van der Waals surface area contributed by atoms with Crippen LogP contribution in [-0.4, -0.2) is 37.1 Å². The Bertz CT molecular complexity index is 746. The number of amides is 2. The highest BCUT2D eigenvalue weighted by Gasteiger charge is 2.21. The number of rotatable bonds is 2. The van der Waals surface area contributed by atoms with Gasteiger partial charge in [0.05, 0.1) is 0 Å². The molecule has 0 unspecified atom stereocenters. The van der Waals surface area contributed by atoms with Gasteiger partial charge in [0.15, 0.2) is 11.6 Å². The minimum Gasteiger partial charge on any atom is -0.368 e. The highest BCUT2D eigenvalue weighted by Crippen LogP contribution is 2.18. The van der Waals surface area contributed by atoms with Gasteiger partial charge in [-0.05, 0) is 30.3 Å². The molecule has 2 amide bonds. The molecule has 1 heterocycles. The van der Waals surface area contributed by atoms with Gasteiger partial charge in [0, 0.05) is 43.6 Å². The average Bonchev–Trinajstić information content (AvgIpc) is 2.58. The Morgan fingerprint density at radius 1 is 0.917 bits per heavy atom. The predicted molar refractivity (Wildman–Crippen MR) is 85.6 cm³/mol. The minimum absolute atomic E-state index is 0.200. The summed E-state index contributed by atoms with van der Waals surface area (Å²) in [6.07, 6.45) is 0. The number of hydrogen-bond donors (Lipinski definition) is 1. The molecule has 4 nitrogen and oxygen atoms in total. The van der Waals surface area contributed by atoms with Crippen molar-refractivity contribution in [3.63, 3.8) is 0 Å². The molecule has 0 aromatic heterocycles. The van der Waals surface area contributed by atoms with Gasteiger partial charge < -0.3 is 15.1 Å². The Hall–Kier alpha value is -2.70. The molecule has 2 aromatic rings. The molecule has 1 aliphatic rings. The van der Waals surface area contributed by atoms with Crippen molar-refractivity contribution in [3.8, 4) is 0 Å². The van der Waals surface area contributed by atoms with Crippen LogP contribution in [0, 0.1) is 17.5 Å². The third kappa shape index (κ3) is 3.61. The predicted octanol–water partition coefficient (Wildman–Crippen LogP) is 3.46. The van der Waals surface area contributed by atoms with Crippen LogP contribution in [0.1, 0.15) is 0 Å². The smallest absolute Gasteiger partial charge is 0.321 e. The number of carbonyl (C=O) groups excluding carboxylic acids is 1. The Balaban J connectivity index is 1.58. The Morgan fingerprint density at radius 3 is 2.33 bits per heavy atom. The van der Waals surface area contributed by atoms with Crippen molar-refractivity contribution >= 4 is 17.4 Å². The number of halogens is 3. The maximum atomic E-state index is 13.3. The number of anilines is 2. The van der Waals surface area contributed by atoms with Crippen molar-refractivity contribution in [1.29, 1.82) is 0 Å². The lowest BCUT2D eigenvalue weighted by atomic mass is 10.2. The summed E-state index contributed by atoms with van der Waals surface area (Å²) in [7, 11) is 0. The van der Waals surface area contributed by atoms with Crippen LogP contribution in [0.3, 0.4) is 0 Å². The minimum atomic E-state index is -1.01. The van der Waals surface area contributed by atoms with E-state index < -0.39 is 11.6 Å². The monoisotopic (exact) mass is 335 g/mol. The quantitative estimate of drug-likeness (QED) is 0.912. The summed E-state index contributed by atoms with van der Waals surface area (Å²) in [6, 6.07) is 9.14. The molecule has 2 aromatic carbocycles. The van der Waals surface area contributed by atoms with Gasteiger partial charge in [-0.3, -0.25) is 0 Å². The Morgan fingerprint density at radius 2 is 1.67 bits per heavy atom. The maximum Gasteiger partial charge on any atom is 0.321 e. The fraction of sp³-hybridized carbons (Fsp3) is 0.235. The van der Waals surface area contributed by atoms with Crippen molar-refractivity contribution in [2.45, 2.75) is 0 Å². The van der Waals surface area contributed by atoms with Crippen LogP contribution in [0.15, 0.2) is 42.5 Å². The molecule has 0 aliphatic carbocycles. The van der Waals surface area contributed by atoms with E-state index in [1.807, 2.05) is 11.0 Å². The Labute approximate surface area is 137 Å². The Kier molecular flexibility index (Phi) is 4.59. The van der Waals surface area contributed by atoms with Gasteiger partial charge in [-0.2, -0.15) is 0 Å². The molecule has 0 spiro atoms. The van der Waals surface area contributed by atoms with E-state index in [0.717, 1.165) is 17.8 Å². The molecule has 24 heavy (non-hydrogen) atoms. The maximum absolute atomic E-state index is 13.3. The van der Waals surface area contributed by atoms with Crippen molar-refractivity contribution < 1.29 is 18.0 Å². The highest BCUT2D eigenvalue weighted by atomic mass is 19.2. The van der Waals surface area contributed by atoms with Crippen LogP contribution in [0.2, 0.25) is 0 Å².